The molecule has 0 aliphatic heterocycles. The molecule has 0 fully saturated rings. The van der Waals surface area contributed by atoms with Gasteiger partial charge in [0.05, 0.1) is 55.9 Å². The van der Waals surface area contributed by atoms with E-state index in [-0.39, 0.29) is 11.4 Å². The Morgan fingerprint density at radius 2 is 1.10 bits per heavy atom. The highest BCUT2D eigenvalue weighted by atomic mass is 16.6. The Kier molecular flexibility index (Phi) is 6.99. The highest BCUT2D eigenvalue weighted by Crippen LogP contribution is 2.23. The molecule has 0 bridgehead atoms. The number of rotatable bonds is 9. The van der Waals surface area contributed by atoms with E-state index in [1.807, 2.05) is 36.4 Å². The second kappa shape index (κ2) is 11.2. The summed E-state index contributed by atoms with van der Waals surface area (Å²) >= 11 is 0. The lowest BCUT2D eigenvalue weighted by molar-refractivity contribution is -0.385. The first-order valence-electron chi connectivity index (χ1n) is 12.9. The van der Waals surface area contributed by atoms with E-state index in [1.54, 1.807) is 49.3 Å². The fourth-order valence-corrected chi connectivity index (χ4v) is 4.57. The maximum atomic E-state index is 11.0. The van der Waals surface area contributed by atoms with Gasteiger partial charge in [0.1, 0.15) is 0 Å². The molecule has 0 aliphatic carbocycles. The van der Waals surface area contributed by atoms with Crippen molar-refractivity contribution in [2.45, 2.75) is 13.1 Å². The molecule has 4 aromatic carbocycles. The van der Waals surface area contributed by atoms with E-state index in [1.165, 1.54) is 24.3 Å². The quantitative estimate of drug-likeness (QED) is 0.114. The van der Waals surface area contributed by atoms with E-state index >= 15 is 0 Å². The van der Waals surface area contributed by atoms with Gasteiger partial charge in [0, 0.05) is 49.8 Å². The molecule has 42 heavy (non-hydrogen) atoms. The third-order valence-electron chi connectivity index (χ3n) is 6.68. The molecule has 206 valence electrons. The van der Waals surface area contributed by atoms with Crippen LogP contribution in [0.5, 0.6) is 0 Å². The van der Waals surface area contributed by atoms with Crippen molar-refractivity contribution in [1.29, 1.82) is 0 Å². The molecule has 2 heterocycles. The van der Waals surface area contributed by atoms with E-state index in [0.717, 1.165) is 22.1 Å². The highest BCUT2D eigenvalue weighted by molar-refractivity contribution is 5.86. The Morgan fingerprint density at radius 3 is 1.52 bits per heavy atom. The molecule has 0 spiro atoms. The van der Waals surface area contributed by atoms with E-state index in [0.29, 0.717) is 35.6 Å². The molecule has 0 saturated carbocycles. The topological polar surface area (TPSA) is 147 Å². The zero-order valence-electron chi connectivity index (χ0n) is 22.0. The van der Waals surface area contributed by atoms with Gasteiger partial charge in [0.2, 0.25) is 0 Å². The van der Waals surface area contributed by atoms with E-state index in [4.69, 9.17) is 0 Å². The molecule has 0 aliphatic rings. The van der Waals surface area contributed by atoms with Crippen LogP contribution < -0.4 is 0 Å². The molecule has 0 amide bonds. The average Bonchev–Trinajstić information content (AvgIpc) is 3.61. The predicted molar refractivity (Wildman–Crippen MR) is 160 cm³/mol. The van der Waals surface area contributed by atoms with E-state index in [9.17, 15) is 20.2 Å². The summed E-state index contributed by atoms with van der Waals surface area (Å²) in [5.74, 6) is 0. The lowest BCUT2D eigenvalue weighted by atomic mass is 10.2. The van der Waals surface area contributed by atoms with Crippen LogP contribution in [0.15, 0.2) is 108 Å². The number of imidazole rings is 2. The van der Waals surface area contributed by atoms with Crippen molar-refractivity contribution in [1.82, 2.24) is 19.1 Å². The van der Waals surface area contributed by atoms with Crippen LogP contribution in [0.25, 0.3) is 22.1 Å². The van der Waals surface area contributed by atoms with Crippen molar-refractivity contribution in [3.63, 3.8) is 0 Å². The van der Waals surface area contributed by atoms with Crippen LogP contribution in [0.3, 0.4) is 0 Å². The summed E-state index contributed by atoms with van der Waals surface area (Å²) in [6.45, 7) is 1.34. The Hall–Kier alpha value is -6.04. The summed E-state index contributed by atoms with van der Waals surface area (Å²) in [7, 11) is 0. The van der Waals surface area contributed by atoms with Crippen molar-refractivity contribution in [3.05, 3.63) is 129 Å². The van der Waals surface area contributed by atoms with E-state index < -0.39 is 9.85 Å². The molecule has 12 heteroatoms. The van der Waals surface area contributed by atoms with Crippen LogP contribution in [0.1, 0.15) is 11.1 Å². The summed E-state index contributed by atoms with van der Waals surface area (Å²) in [6.07, 6.45) is 6.77. The van der Waals surface area contributed by atoms with Crippen LogP contribution in [-0.2, 0) is 13.1 Å². The zero-order chi connectivity index (χ0) is 29.1. The Morgan fingerprint density at radius 1 is 0.643 bits per heavy atom. The first-order chi connectivity index (χ1) is 20.4. The minimum Gasteiger partial charge on any atom is -0.329 e. The molecule has 6 rings (SSSR count). The van der Waals surface area contributed by atoms with Gasteiger partial charge in [-0.3, -0.25) is 30.2 Å². The average molecular weight is 559 g/mol. The van der Waals surface area contributed by atoms with Crippen LogP contribution in [0.2, 0.25) is 0 Å². The van der Waals surface area contributed by atoms with Crippen LogP contribution in [0, 0.1) is 20.2 Å². The van der Waals surface area contributed by atoms with Gasteiger partial charge in [-0.2, -0.15) is 0 Å². The number of hydrogen-bond donors (Lipinski definition) is 0. The number of non-ortho nitro benzene ring substituents is 2. The smallest absolute Gasteiger partial charge is 0.270 e. The standard InChI is InChI=1S/C30H22N8O4/c39-37(40)25-5-1-3-21(13-25)17-31-23-7-9-29-27(15-23)33-19-35(29)11-12-36-20-34-28-16-24(8-10-30(28)36)32-18-22-4-2-6-26(14-22)38(41)42/h1-10,13-20H,11-12H2. The Labute approximate surface area is 238 Å². The number of aliphatic imine (C=N–C) groups is 2. The van der Waals surface area contributed by atoms with Crippen molar-refractivity contribution in [3.8, 4) is 0 Å². The number of nitro benzene ring substituents is 2. The molecule has 0 atom stereocenters. The van der Waals surface area contributed by atoms with Crippen molar-refractivity contribution in [2.75, 3.05) is 0 Å². The molecular formula is C30H22N8O4. The molecule has 0 radical (unpaired) electrons. The second-order valence-electron chi connectivity index (χ2n) is 9.44. The maximum absolute atomic E-state index is 11.0. The van der Waals surface area contributed by atoms with Gasteiger partial charge in [-0.15, -0.1) is 0 Å². The number of nitro groups is 2. The fourth-order valence-electron chi connectivity index (χ4n) is 4.57. The molecular weight excluding hydrogens is 536 g/mol. The summed E-state index contributed by atoms with van der Waals surface area (Å²) in [5.41, 5.74) is 6.24. The first-order valence-corrected chi connectivity index (χ1v) is 12.9. The first kappa shape index (κ1) is 26.2. The lowest BCUT2D eigenvalue weighted by Gasteiger charge is -2.07. The Balaban J connectivity index is 1.13. The van der Waals surface area contributed by atoms with Crippen molar-refractivity contribution in [2.24, 2.45) is 9.98 Å². The number of hydrogen-bond acceptors (Lipinski definition) is 8. The summed E-state index contributed by atoms with van der Waals surface area (Å²) in [4.78, 5) is 39.1. The van der Waals surface area contributed by atoms with Gasteiger partial charge >= 0.3 is 0 Å². The Bertz CT molecular complexity index is 1880. The largest absolute Gasteiger partial charge is 0.329 e. The van der Waals surface area contributed by atoms with Gasteiger partial charge in [-0.05, 0) is 47.5 Å². The molecule has 0 N–H and O–H groups in total. The second-order valence-corrected chi connectivity index (χ2v) is 9.44. The summed E-state index contributed by atoms with van der Waals surface area (Å²) in [6, 6.07) is 24.1. The SMILES string of the molecule is O=[N+]([O-])c1cccc(C=Nc2ccc3c(c2)ncn3CCn2cnc3cc(N=Cc4cccc([N+](=O)[O-])c4)ccc32)c1. The number of benzene rings is 4. The predicted octanol–water partition coefficient (Wildman–Crippen LogP) is 6.40. The minimum atomic E-state index is -0.430. The van der Waals surface area contributed by atoms with Crippen LogP contribution in [0.4, 0.5) is 22.7 Å². The highest BCUT2D eigenvalue weighted by Gasteiger charge is 2.08. The molecule has 0 saturated heterocycles. The van der Waals surface area contributed by atoms with Gasteiger partial charge in [-0.1, -0.05) is 24.3 Å². The molecule has 0 unspecified atom stereocenters. The number of nitrogens with zero attached hydrogens (tertiary/aromatic N) is 8. The van der Waals surface area contributed by atoms with Gasteiger partial charge < -0.3 is 9.13 Å². The fraction of sp³-hybridized carbons (Fsp3) is 0.0667. The third kappa shape index (κ3) is 5.63. The summed E-state index contributed by atoms with van der Waals surface area (Å²) < 4.78 is 4.12. The van der Waals surface area contributed by atoms with Gasteiger partial charge in [-0.25, -0.2) is 9.97 Å². The van der Waals surface area contributed by atoms with Crippen molar-refractivity contribution >= 4 is 57.2 Å². The number of aryl methyl sites for hydroxylation is 2. The molecule has 2 aromatic heterocycles. The normalized spacial score (nSPS) is 11.7. The monoisotopic (exact) mass is 558 g/mol. The van der Waals surface area contributed by atoms with Gasteiger partial charge in [0.15, 0.2) is 0 Å². The van der Waals surface area contributed by atoms with Crippen LogP contribution >= 0.6 is 0 Å². The van der Waals surface area contributed by atoms with E-state index in [2.05, 4.69) is 29.1 Å². The molecule has 12 nitrogen and oxygen atoms in total. The van der Waals surface area contributed by atoms with Gasteiger partial charge in [0.25, 0.3) is 11.4 Å². The molecule has 6 aromatic rings. The number of fused-ring (bicyclic) bond motifs is 2. The van der Waals surface area contributed by atoms with Crippen molar-refractivity contribution < 1.29 is 9.85 Å². The maximum Gasteiger partial charge on any atom is 0.270 e. The lowest BCUT2D eigenvalue weighted by Crippen LogP contribution is -2.05. The number of aromatic nitrogens is 4. The summed E-state index contributed by atoms with van der Waals surface area (Å²) in [5, 5.41) is 22.0. The zero-order valence-corrected chi connectivity index (χ0v) is 22.0. The van der Waals surface area contributed by atoms with Crippen LogP contribution in [-0.4, -0.2) is 41.4 Å². The minimum absolute atomic E-state index is 0.0193. The third-order valence-corrected chi connectivity index (χ3v) is 6.68.